The van der Waals surface area contributed by atoms with Gasteiger partial charge in [0.05, 0.1) is 17.0 Å². The van der Waals surface area contributed by atoms with Crippen LogP contribution in [0.25, 0.3) is 0 Å². The second-order valence-corrected chi connectivity index (χ2v) is 10.5. The molecule has 0 spiro atoms. The van der Waals surface area contributed by atoms with Crippen LogP contribution in [0.1, 0.15) is 12.8 Å². The molecule has 2 aromatic rings. The largest absolute Gasteiger partial charge is 0.495 e. The molecule has 2 heterocycles. The molecule has 0 aromatic heterocycles. The van der Waals surface area contributed by atoms with Crippen molar-refractivity contribution < 1.29 is 17.9 Å². The molecule has 0 saturated carbocycles. The van der Waals surface area contributed by atoms with Crippen molar-refractivity contribution in [2.75, 3.05) is 51.3 Å². The Kier molecular flexibility index (Phi) is 6.93. The molecule has 0 bridgehead atoms. The van der Waals surface area contributed by atoms with Gasteiger partial charge in [0.15, 0.2) is 0 Å². The zero-order valence-corrected chi connectivity index (χ0v) is 19.7. The van der Waals surface area contributed by atoms with E-state index in [4.69, 9.17) is 16.3 Å². The Bertz CT molecular complexity index is 1050. The normalized spacial score (nSPS) is 18.6. The van der Waals surface area contributed by atoms with Gasteiger partial charge in [-0.25, -0.2) is 8.42 Å². The monoisotopic (exact) mass is 477 g/mol. The van der Waals surface area contributed by atoms with Crippen molar-refractivity contribution >= 4 is 33.2 Å². The van der Waals surface area contributed by atoms with Gasteiger partial charge in [-0.1, -0.05) is 29.8 Å². The second-order valence-electron chi connectivity index (χ2n) is 8.12. The minimum absolute atomic E-state index is 0.135. The molecule has 2 aromatic carbocycles. The lowest BCUT2D eigenvalue weighted by Gasteiger charge is -2.39. The lowest BCUT2D eigenvalue weighted by atomic mass is 9.96. The Morgan fingerprint density at radius 3 is 2.22 bits per heavy atom. The van der Waals surface area contributed by atoms with Crippen LogP contribution in [0.4, 0.5) is 5.69 Å². The van der Waals surface area contributed by atoms with E-state index in [-0.39, 0.29) is 21.7 Å². The number of hydrogen-bond acceptors (Lipinski definition) is 5. The van der Waals surface area contributed by atoms with Gasteiger partial charge in [-0.3, -0.25) is 4.79 Å². The van der Waals surface area contributed by atoms with Crippen LogP contribution in [0.15, 0.2) is 53.4 Å². The number of amides is 1. The molecule has 9 heteroatoms. The van der Waals surface area contributed by atoms with E-state index in [1.165, 1.54) is 29.2 Å². The fourth-order valence-electron chi connectivity index (χ4n) is 4.38. The molecule has 2 saturated heterocycles. The number of halogens is 1. The van der Waals surface area contributed by atoms with Crippen molar-refractivity contribution in [3.05, 3.63) is 53.6 Å². The Morgan fingerprint density at radius 1 is 0.969 bits per heavy atom. The number of hydrogen-bond donors (Lipinski definition) is 0. The molecule has 4 rings (SSSR count). The third-order valence-electron chi connectivity index (χ3n) is 6.28. The molecule has 0 N–H and O–H groups in total. The highest BCUT2D eigenvalue weighted by atomic mass is 35.5. The lowest BCUT2D eigenvalue weighted by molar-refractivity contribution is -0.137. The highest BCUT2D eigenvalue weighted by Crippen LogP contribution is 2.30. The number of anilines is 1. The maximum atomic E-state index is 13.0. The SMILES string of the molecule is COc1ccc(S(=O)(=O)N2CCC(C(=O)N3CCN(c4ccccc4)CC3)CC2)cc1Cl. The maximum absolute atomic E-state index is 13.0. The summed E-state index contributed by atoms with van der Waals surface area (Å²) in [5.74, 6) is 0.439. The molecule has 0 unspecified atom stereocenters. The smallest absolute Gasteiger partial charge is 0.243 e. The van der Waals surface area contributed by atoms with Crippen molar-refractivity contribution in [1.29, 1.82) is 0 Å². The number of para-hydroxylation sites is 1. The third-order valence-corrected chi connectivity index (χ3v) is 8.47. The number of piperidine rings is 1. The number of ether oxygens (including phenoxy) is 1. The molecule has 172 valence electrons. The Morgan fingerprint density at radius 2 is 1.62 bits per heavy atom. The minimum Gasteiger partial charge on any atom is -0.495 e. The van der Waals surface area contributed by atoms with Gasteiger partial charge < -0.3 is 14.5 Å². The van der Waals surface area contributed by atoms with Crippen LogP contribution in [-0.4, -0.2) is 69.9 Å². The lowest BCUT2D eigenvalue weighted by Crippen LogP contribution is -2.52. The second kappa shape index (κ2) is 9.68. The van der Waals surface area contributed by atoms with E-state index < -0.39 is 10.0 Å². The number of rotatable bonds is 5. The van der Waals surface area contributed by atoms with Crippen LogP contribution >= 0.6 is 11.6 Å². The first-order chi connectivity index (χ1) is 15.4. The van der Waals surface area contributed by atoms with Crippen LogP contribution in [0.2, 0.25) is 5.02 Å². The van der Waals surface area contributed by atoms with Gasteiger partial charge in [0.2, 0.25) is 15.9 Å². The summed E-state index contributed by atoms with van der Waals surface area (Å²) in [6.45, 7) is 3.65. The van der Waals surface area contributed by atoms with E-state index in [2.05, 4.69) is 17.0 Å². The van der Waals surface area contributed by atoms with Crippen LogP contribution in [0.5, 0.6) is 5.75 Å². The summed E-state index contributed by atoms with van der Waals surface area (Å²) >= 11 is 6.11. The Hall–Kier alpha value is -2.29. The average Bonchev–Trinajstić information content (AvgIpc) is 2.84. The number of benzene rings is 2. The summed E-state index contributed by atoms with van der Waals surface area (Å²) in [6.07, 6.45) is 1.06. The fourth-order valence-corrected chi connectivity index (χ4v) is 6.20. The number of carbonyl (C=O) groups is 1. The van der Waals surface area contributed by atoms with Crippen molar-refractivity contribution in [3.63, 3.8) is 0 Å². The van der Waals surface area contributed by atoms with Gasteiger partial charge in [0.1, 0.15) is 5.75 Å². The van der Waals surface area contributed by atoms with Crippen molar-refractivity contribution in [2.24, 2.45) is 5.92 Å². The fraction of sp³-hybridized carbons (Fsp3) is 0.435. The number of methoxy groups -OCH3 is 1. The van der Waals surface area contributed by atoms with E-state index in [9.17, 15) is 13.2 Å². The third kappa shape index (κ3) is 4.72. The predicted octanol–water partition coefficient (Wildman–Crippen LogP) is 3.10. The molecule has 1 amide bonds. The van der Waals surface area contributed by atoms with Gasteiger partial charge in [-0.15, -0.1) is 0 Å². The highest BCUT2D eigenvalue weighted by molar-refractivity contribution is 7.89. The number of carbonyl (C=O) groups excluding carboxylic acids is 1. The van der Waals surface area contributed by atoms with E-state index in [0.717, 1.165) is 13.1 Å². The molecule has 2 aliphatic rings. The van der Waals surface area contributed by atoms with Crippen LogP contribution < -0.4 is 9.64 Å². The zero-order valence-electron chi connectivity index (χ0n) is 18.1. The van der Waals surface area contributed by atoms with Crippen LogP contribution in [-0.2, 0) is 14.8 Å². The maximum Gasteiger partial charge on any atom is 0.243 e. The first kappa shape index (κ1) is 22.9. The highest BCUT2D eigenvalue weighted by Gasteiger charge is 2.35. The molecule has 0 aliphatic carbocycles. The van der Waals surface area contributed by atoms with Gasteiger partial charge in [0.25, 0.3) is 0 Å². The van der Waals surface area contributed by atoms with E-state index >= 15 is 0 Å². The zero-order chi connectivity index (χ0) is 22.7. The Balaban J connectivity index is 1.32. The van der Waals surface area contributed by atoms with Gasteiger partial charge in [-0.2, -0.15) is 4.31 Å². The number of sulfonamides is 1. The quantitative estimate of drug-likeness (QED) is 0.661. The summed E-state index contributed by atoms with van der Waals surface area (Å²) in [5, 5.41) is 0.258. The van der Waals surface area contributed by atoms with E-state index in [1.54, 1.807) is 6.07 Å². The summed E-state index contributed by atoms with van der Waals surface area (Å²) in [7, 11) is -2.17. The van der Waals surface area contributed by atoms with Crippen LogP contribution in [0, 0.1) is 5.92 Å². The molecule has 32 heavy (non-hydrogen) atoms. The number of piperazine rings is 1. The van der Waals surface area contributed by atoms with Gasteiger partial charge in [-0.05, 0) is 43.2 Å². The van der Waals surface area contributed by atoms with E-state index in [1.807, 2.05) is 23.1 Å². The molecule has 2 fully saturated rings. The molecular weight excluding hydrogens is 450 g/mol. The predicted molar refractivity (Wildman–Crippen MR) is 125 cm³/mol. The van der Waals surface area contributed by atoms with Crippen molar-refractivity contribution in [3.8, 4) is 5.75 Å². The summed E-state index contributed by atoms with van der Waals surface area (Å²) < 4.78 is 32.6. The molecule has 0 atom stereocenters. The average molecular weight is 478 g/mol. The summed E-state index contributed by atoms with van der Waals surface area (Å²) in [5.41, 5.74) is 1.18. The van der Waals surface area contributed by atoms with Crippen LogP contribution in [0.3, 0.4) is 0 Å². The molecule has 7 nitrogen and oxygen atoms in total. The molecular formula is C23H28ClN3O4S. The molecule has 0 radical (unpaired) electrons. The van der Waals surface area contributed by atoms with Gasteiger partial charge >= 0.3 is 0 Å². The van der Waals surface area contributed by atoms with Crippen molar-refractivity contribution in [2.45, 2.75) is 17.7 Å². The number of nitrogens with zero attached hydrogens (tertiary/aromatic N) is 3. The first-order valence-corrected chi connectivity index (χ1v) is 12.6. The summed E-state index contributed by atoms with van der Waals surface area (Å²) in [6, 6.07) is 14.7. The summed E-state index contributed by atoms with van der Waals surface area (Å²) in [4.78, 5) is 17.4. The van der Waals surface area contributed by atoms with Crippen molar-refractivity contribution in [1.82, 2.24) is 9.21 Å². The topological polar surface area (TPSA) is 70.2 Å². The first-order valence-electron chi connectivity index (χ1n) is 10.8. The standard InChI is InChI=1S/C23H28ClN3O4S/c1-31-22-8-7-20(17-21(22)24)32(29,30)27-11-9-18(10-12-27)23(28)26-15-13-25(14-16-26)19-5-3-2-4-6-19/h2-8,17-18H,9-16H2,1H3. The van der Waals surface area contributed by atoms with E-state index in [0.29, 0.717) is 44.8 Å². The molecule has 2 aliphatic heterocycles. The van der Waals surface area contributed by atoms with Gasteiger partial charge in [0, 0.05) is 50.9 Å². The minimum atomic E-state index is -3.66. The Labute approximate surface area is 194 Å².